The molecule has 34 heavy (non-hydrogen) atoms. The molecule has 10 heteroatoms. The summed E-state index contributed by atoms with van der Waals surface area (Å²) in [5, 5.41) is 6.26. The van der Waals surface area contributed by atoms with Crippen LogP contribution in [0.5, 0.6) is 0 Å². The molecule has 2 aliphatic rings. The van der Waals surface area contributed by atoms with Crippen LogP contribution in [0.15, 0.2) is 36.4 Å². The van der Waals surface area contributed by atoms with E-state index in [1.165, 1.54) is 0 Å². The number of fused-ring (bicyclic) bond motifs is 1. The summed E-state index contributed by atoms with van der Waals surface area (Å²) in [5.41, 5.74) is 1.99. The van der Waals surface area contributed by atoms with E-state index in [1.54, 1.807) is 56.1 Å². The largest absolute Gasteiger partial charge is 0.343 e. The molecule has 0 saturated carbocycles. The van der Waals surface area contributed by atoms with Gasteiger partial charge in [-0.05, 0) is 57.1 Å². The molecule has 2 N–H and O–H groups in total. The molecule has 0 bridgehead atoms. The first-order valence-corrected chi connectivity index (χ1v) is 11.8. The van der Waals surface area contributed by atoms with Gasteiger partial charge in [-0.1, -0.05) is 17.7 Å². The summed E-state index contributed by atoms with van der Waals surface area (Å²) in [4.78, 5) is 47.8. The Morgan fingerprint density at radius 2 is 1.91 bits per heavy atom. The van der Waals surface area contributed by atoms with Crippen molar-refractivity contribution in [3.63, 3.8) is 0 Å². The van der Waals surface area contributed by atoms with Crippen LogP contribution in [0.4, 0.5) is 22.0 Å². The highest BCUT2D eigenvalue weighted by Crippen LogP contribution is 2.37. The zero-order chi connectivity index (χ0) is 24.4. The summed E-state index contributed by atoms with van der Waals surface area (Å²) in [5.74, 6) is 0.284. The van der Waals surface area contributed by atoms with Crippen LogP contribution < -0.4 is 15.5 Å². The normalized spacial score (nSPS) is 17.4. The number of hydrogen-bond acceptors (Lipinski definition) is 5. The van der Waals surface area contributed by atoms with Crippen molar-refractivity contribution < 1.29 is 14.4 Å². The van der Waals surface area contributed by atoms with Crippen LogP contribution >= 0.6 is 11.6 Å². The van der Waals surface area contributed by atoms with Crippen molar-refractivity contribution in [1.82, 2.24) is 20.1 Å². The van der Waals surface area contributed by atoms with Gasteiger partial charge in [0.25, 0.3) is 0 Å². The van der Waals surface area contributed by atoms with Gasteiger partial charge in [-0.3, -0.25) is 14.5 Å². The minimum atomic E-state index is -0.370. The number of nitrogens with zero attached hydrogens (tertiary/aromatic N) is 4. The van der Waals surface area contributed by atoms with Crippen molar-refractivity contribution in [2.75, 3.05) is 30.4 Å². The molecule has 1 aromatic heterocycles. The smallest absolute Gasteiger partial charge is 0.329 e. The van der Waals surface area contributed by atoms with Gasteiger partial charge in [0.05, 0.1) is 29.7 Å². The zero-order valence-electron chi connectivity index (χ0n) is 19.5. The third-order valence-electron chi connectivity index (χ3n) is 6.44. The lowest BCUT2D eigenvalue weighted by Gasteiger charge is -2.43. The number of nitrogens with one attached hydrogen (secondary N) is 2. The maximum atomic E-state index is 13.7. The van der Waals surface area contributed by atoms with Gasteiger partial charge in [-0.2, -0.15) is 0 Å². The lowest BCUT2D eigenvalue weighted by molar-refractivity contribution is -0.130. The van der Waals surface area contributed by atoms with Crippen molar-refractivity contribution in [2.45, 2.75) is 45.3 Å². The van der Waals surface area contributed by atoms with Gasteiger partial charge in [0, 0.05) is 31.1 Å². The Labute approximate surface area is 204 Å². The molecular formula is C24H29ClN6O3. The summed E-state index contributed by atoms with van der Waals surface area (Å²) in [6.45, 7) is 4.88. The average molecular weight is 485 g/mol. The minimum absolute atomic E-state index is 0.0257. The van der Waals surface area contributed by atoms with E-state index in [4.69, 9.17) is 16.6 Å². The highest BCUT2D eigenvalue weighted by molar-refractivity contribution is 6.31. The molecule has 2 aliphatic heterocycles. The molecule has 1 aromatic carbocycles. The molecule has 0 spiro atoms. The standard InChI is InChI=1S/C24H29ClN6O3/c1-15(26-3)23(33)28-22-8-7-21-20(27-22)14-30(18-9-11-29(12-10-18)16(2)32)24(34)31(21)19-6-4-5-17(25)13-19/h4-8,13,15,18,26H,9-12,14H2,1-3H3,(H,27,28,33). The summed E-state index contributed by atoms with van der Waals surface area (Å²) >= 11 is 6.24. The Balaban J connectivity index is 1.68. The fourth-order valence-electron chi connectivity index (χ4n) is 4.35. The number of hydrogen-bond donors (Lipinski definition) is 2. The highest BCUT2D eigenvalue weighted by Gasteiger charge is 2.38. The molecule has 1 saturated heterocycles. The van der Waals surface area contributed by atoms with E-state index >= 15 is 0 Å². The first kappa shape index (κ1) is 24.0. The number of anilines is 3. The van der Waals surface area contributed by atoms with Crippen LogP contribution in [0, 0.1) is 0 Å². The first-order chi connectivity index (χ1) is 16.3. The topological polar surface area (TPSA) is 97.9 Å². The van der Waals surface area contributed by atoms with Crippen LogP contribution in [-0.4, -0.2) is 64.9 Å². The number of amides is 4. The van der Waals surface area contributed by atoms with Gasteiger partial charge in [0.15, 0.2) is 0 Å². The number of carbonyl (C=O) groups excluding carboxylic acids is 3. The lowest BCUT2D eigenvalue weighted by atomic mass is 10.0. The van der Waals surface area contributed by atoms with E-state index in [2.05, 4.69) is 10.6 Å². The maximum absolute atomic E-state index is 13.7. The van der Waals surface area contributed by atoms with Gasteiger partial charge < -0.3 is 20.4 Å². The Morgan fingerprint density at radius 1 is 1.18 bits per heavy atom. The molecule has 0 radical (unpaired) electrons. The van der Waals surface area contributed by atoms with Crippen molar-refractivity contribution >= 4 is 46.6 Å². The van der Waals surface area contributed by atoms with Gasteiger partial charge >= 0.3 is 6.03 Å². The average Bonchev–Trinajstić information content (AvgIpc) is 2.83. The molecular weight excluding hydrogens is 456 g/mol. The van der Waals surface area contributed by atoms with Gasteiger partial charge in [0.1, 0.15) is 5.82 Å². The number of rotatable bonds is 5. The molecule has 0 aliphatic carbocycles. The van der Waals surface area contributed by atoms with E-state index in [-0.39, 0.29) is 29.9 Å². The highest BCUT2D eigenvalue weighted by atomic mass is 35.5. The maximum Gasteiger partial charge on any atom is 0.329 e. The van der Waals surface area contributed by atoms with Crippen LogP contribution in [-0.2, 0) is 16.1 Å². The summed E-state index contributed by atoms with van der Waals surface area (Å²) in [7, 11) is 1.72. The number of piperidine rings is 1. The van der Waals surface area contributed by atoms with E-state index in [9.17, 15) is 14.4 Å². The van der Waals surface area contributed by atoms with Crippen molar-refractivity contribution in [1.29, 1.82) is 0 Å². The molecule has 3 heterocycles. The quantitative estimate of drug-likeness (QED) is 0.678. The van der Waals surface area contributed by atoms with Crippen molar-refractivity contribution in [2.24, 2.45) is 0 Å². The van der Waals surface area contributed by atoms with Crippen molar-refractivity contribution in [3.8, 4) is 0 Å². The molecule has 2 aromatic rings. The third-order valence-corrected chi connectivity index (χ3v) is 6.68. The number of pyridine rings is 1. The fourth-order valence-corrected chi connectivity index (χ4v) is 4.54. The Morgan fingerprint density at radius 3 is 2.56 bits per heavy atom. The molecule has 1 fully saturated rings. The Kier molecular flexibility index (Phi) is 7.04. The number of likely N-dealkylation sites (tertiary alicyclic amines) is 1. The van der Waals surface area contributed by atoms with E-state index in [0.717, 1.165) is 0 Å². The van der Waals surface area contributed by atoms with E-state index in [1.807, 2.05) is 15.9 Å². The summed E-state index contributed by atoms with van der Waals surface area (Å²) in [6, 6.07) is 10.1. The number of likely N-dealkylation sites (N-methyl/N-ethyl adjacent to an activating group) is 1. The SMILES string of the molecule is CNC(C)C(=O)Nc1ccc2c(n1)CN(C1CCN(C(C)=O)CC1)C(=O)N2c1cccc(Cl)c1. The number of aromatic nitrogens is 1. The first-order valence-electron chi connectivity index (χ1n) is 11.4. The number of carbonyl (C=O) groups is 3. The fraction of sp³-hybridized carbons (Fsp3) is 0.417. The second-order valence-electron chi connectivity index (χ2n) is 8.62. The number of halogens is 1. The van der Waals surface area contributed by atoms with Gasteiger partial charge in [-0.15, -0.1) is 0 Å². The lowest BCUT2D eigenvalue weighted by Crippen LogP contribution is -2.53. The van der Waals surface area contributed by atoms with Gasteiger partial charge in [0.2, 0.25) is 11.8 Å². The zero-order valence-corrected chi connectivity index (χ0v) is 20.3. The minimum Gasteiger partial charge on any atom is -0.343 e. The molecule has 180 valence electrons. The molecule has 1 atom stereocenters. The van der Waals surface area contributed by atoms with Crippen LogP contribution in [0.3, 0.4) is 0 Å². The van der Waals surface area contributed by atoms with Crippen molar-refractivity contribution in [3.05, 3.63) is 47.1 Å². The number of benzene rings is 1. The molecule has 4 rings (SSSR count). The van der Waals surface area contributed by atoms with Crippen LogP contribution in [0.25, 0.3) is 0 Å². The molecule has 4 amide bonds. The second-order valence-corrected chi connectivity index (χ2v) is 9.06. The van der Waals surface area contributed by atoms with E-state index in [0.29, 0.717) is 60.4 Å². The molecule has 1 unspecified atom stereocenters. The third kappa shape index (κ3) is 4.85. The summed E-state index contributed by atoms with van der Waals surface area (Å²) in [6.07, 6.45) is 1.39. The summed E-state index contributed by atoms with van der Waals surface area (Å²) < 4.78 is 0. The predicted octanol–water partition coefficient (Wildman–Crippen LogP) is 3.37. The van der Waals surface area contributed by atoms with E-state index < -0.39 is 0 Å². The number of urea groups is 1. The predicted molar refractivity (Wildman–Crippen MR) is 131 cm³/mol. The van der Waals surface area contributed by atoms with Crippen LogP contribution in [0.1, 0.15) is 32.4 Å². The Hall–Kier alpha value is -3.17. The second kappa shape index (κ2) is 9.99. The monoisotopic (exact) mass is 484 g/mol. The molecule has 9 nitrogen and oxygen atoms in total. The van der Waals surface area contributed by atoms with Gasteiger partial charge in [-0.25, -0.2) is 9.78 Å². The van der Waals surface area contributed by atoms with Crippen LogP contribution in [0.2, 0.25) is 5.02 Å². The Bertz CT molecular complexity index is 1100.